The van der Waals surface area contributed by atoms with E-state index in [1.54, 1.807) is 23.2 Å². The summed E-state index contributed by atoms with van der Waals surface area (Å²) in [5.74, 6) is 0.979. The van der Waals surface area contributed by atoms with Crippen molar-refractivity contribution in [2.75, 3.05) is 25.5 Å². The van der Waals surface area contributed by atoms with Crippen LogP contribution < -0.4 is 5.32 Å². The van der Waals surface area contributed by atoms with E-state index in [2.05, 4.69) is 22.5 Å². The maximum Gasteiger partial charge on any atom is 0.276 e. The number of aromatic nitrogens is 3. The molecule has 4 rings (SSSR count). The van der Waals surface area contributed by atoms with Crippen LogP contribution in [0.3, 0.4) is 0 Å². The highest BCUT2D eigenvalue weighted by molar-refractivity contribution is 5.94. The van der Waals surface area contributed by atoms with Crippen LogP contribution in [0.2, 0.25) is 0 Å². The lowest BCUT2D eigenvalue weighted by atomic mass is 10.0. The summed E-state index contributed by atoms with van der Waals surface area (Å²) < 4.78 is 12.5. The Morgan fingerprint density at radius 1 is 1.21 bits per heavy atom. The first-order chi connectivity index (χ1) is 16.1. The number of carbonyl (C=O) groups excluding carboxylic acids is 2. The quantitative estimate of drug-likeness (QED) is 0.561. The molecule has 33 heavy (non-hydrogen) atoms. The standard InChI is InChI=1S/C24H29N5O4/c1-3-7-19-16-20(27-33-19)24(31)28-14-11-18(12-15-28)29-21(10-13-25-29)26-23(30)22(32-2)17-8-5-4-6-9-17/h4-6,8-10,13,16,18,22H,3,7,11-12,14-15H2,1-2H3,(H,26,30)/t22-/m1/s1. The molecular weight excluding hydrogens is 422 g/mol. The first-order valence-corrected chi connectivity index (χ1v) is 11.3. The van der Waals surface area contributed by atoms with Crippen LogP contribution in [0.4, 0.5) is 5.82 Å². The van der Waals surface area contributed by atoms with E-state index in [9.17, 15) is 9.59 Å². The number of hydrogen-bond donors (Lipinski definition) is 1. The third-order valence-electron chi connectivity index (χ3n) is 5.87. The summed E-state index contributed by atoms with van der Waals surface area (Å²) in [7, 11) is 1.52. The third kappa shape index (κ3) is 5.14. The van der Waals surface area contributed by atoms with E-state index in [1.807, 2.05) is 35.0 Å². The predicted octanol–water partition coefficient (Wildman–Crippen LogP) is 3.63. The molecule has 1 atom stereocenters. The Morgan fingerprint density at radius 3 is 2.67 bits per heavy atom. The molecule has 1 aliphatic heterocycles. The van der Waals surface area contributed by atoms with E-state index < -0.39 is 6.10 Å². The van der Waals surface area contributed by atoms with Crippen molar-refractivity contribution in [3.63, 3.8) is 0 Å². The van der Waals surface area contributed by atoms with Gasteiger partial charge in [-0.3, -0.25) is 9.59 Å². The second kappa shape index (κ2) is 10.4. The van der Waals surface area contributed by atoms with Crippen molar-refractivity contribution in [3.05, 3.63) is 65.7 Å². The zero-order chi connectivity index (χ0) is 23.2. The highest BCUT2D eigenvalue weighted by atomic mass is 16.5. The van der Waals surface area contributed by atoms with Crippen LogP contribution in [0.5, 0.6) is 0 Å². The Balaban J connectivity index is 1.37. The summed E-state index contributed by atoms with van der Waals surface area (Å²) in [6.45, 7) is 3.21. The van der Waals surface area contributed by atoms with Crippen molar-refractivity contribution in [3.8, 4) is 0 Å². The molecule has 0 saturated carbocycles. The van der Waals surface area contributed by atoms with Gasteiger partial charge in [-0.25, -0.2) is 4.68 Å². The molecule has 1 aromatic carbocycles. The number of methoxy groups -OCH3 is 1. The molecule has 0 aliphatic carbocycles. The van der Waals surface area contributed by atoms with Crippen LogP contribution in [0, 0.1) is 0 Å². The molecule has 0 bridgehead atoms. The molecule has 1 N–H and O–H groups in total. The van der Waals surface area contributed by atoms with Crippen molar-refractivity contribution >= 4 is 17.6 Å². The van der Waals surface area contributed by atoms with Gasteiger partial charge in [0.25, 0.3) is 11.8 Å². The summed E-state index contributed by atoms with van der Waals surface area (Å²) >= 11 is 0. The van der Waals surface area contributed by atoms with Gasteiger partial charge in [-0.1, -0.05) is 42.4 Å². The number of piperidine rings is 1. The van der Waals surface area contributed by atoms with E-state index in [0.29, 0.717) is 24.6 Å². The first-order valence-electron chi connectivity index (χ1n) is 11.3. The van der Waals surface area contributed by atoms with Crippen molar-refractivity contribution in [2.45, 2.75) is 44.8 Å². The SMILES string of the molecule is CCCc1cc(C(=O)N2CCC(n3nccc3NC(=O)[C@H](OC)c3ccccc3)CC2)no1. The minimum absolute atomic E-state index is 0.0741. The Hall–Kier alpha value is -3.46. The summed E-state index contributed by atoms with van der Waals surface area (Å²) in [6.07, 6.45) is 4.11. The fourth-order valence-electron chi connectivity index (χ4n) is 4.17. The van der Waals surface area contributed by atoms with Crippen LogP contribution in [-0.4, -0.2) is 51.9 Å². The molecule has 1 saturated heterocycles. The average Bonchev–Trinajstić information content (AvgIpc) is 3.50. The molecule has 0 unspecified atom stereocenters. The van der Waals surface area contributed by atoms with Gasteiger partial charge in [0, 0.05) is 38.8 Å². The Labute approximate surface area is 192 Å². The summed E-state index contributed by atoms with van der Waals surface area (Å²) in [6, 6.07) is 12.9. The number of hydrogen-bond acceptors (Lipinski definition) is 6. The molecule has 9 heteroatoms. The van der Waals surface area contributed by atoms with Gasteiger partial charge >= 0.3 is 0 Å². The normalized spacial score (nSPS) is 15.4. The molecule has 0 radical (unpaired) electrons. The van der Waals surface area contributed by atoms with E-state index >= 15 is 0 Å². The Kier molecular flexibility index (Phi) is 7.19. The van der Waals surface area contributed by atoms with Crippen molar-refractivity contribution in [1.29, 1.82) is 0 Å². The lowest BCUT2D eigenvalue weighted by Crippen LogP contribution is -2.39. The minimum atomic E-state index is -0.714. The number of benzene rings is 1. The number of amides is 2. The zero-order valence-corrected chi connectivity index (χ0v) is 18.9. The van der Waals surface area contributed by atoms with Gasteiger partial charge in [0.1, 0.15) is 11.6 Å². The highest BCUT2D eigenvalue weighted by Crippen LogP contribution is 2.27. The van der Waals surface area contributed by atoms with Crippen LogP contribution in [0.1, 0.15) is 60.1 Å². The van der Waals surface area contributed by atoms with E-state index in [-0.39, 0.29) is 17.9 Å². The molecule has 3 heterocycles. The molecule has 2 amide bonds. The Morgan fingerprint density at radius 2 is 1.97 bits per heavy atom. The summed E-state index contributed by atoms with van der Waals surface area (Å²) in [5.41, 5.74) is 1.14. The molecule has 174 valence electrons. The number of rotatable bonds is 8. The minimum Gasteiger partial charge on any atom is -0.367 e. The van der Waals surface area contributed by atoms with Crippen molar-refractivity contribution in [2.24, 2.45) is 0 Å². The molecule has 1 fully saturated rings. The van der Waals surface area contributed by atoms with E-state index in [4.69, 9.17) is 9.26 Å². The van der Waals surface area contributed by atoms with Gasteiger partial charge in [0.2, 0.25) is 0 Å². The Bertz CT molecular complexity index is 1070. The largest absolute Gasteiger partial charge is 0.367 e. The van der Waals surface area contributed by atoms with Gasteiger partial charge in [-0.05, 0) is 24.8 Å². The number of nitrogens with one attached hydrogen (secondary N) is 1. The maximum atomic E-state index is 12.9. The summed E-state index contributed by atoms with van der Waals surface area (Å²) in [4.78, 5) is 27.4. The topological polar surface area (TPSA) is 102 Å². The molecule has 1 aliphatic rings. The van der Waals surface area contributed by atoms with E-state index in [0.717, 1.165) is 37.0 Å². The molecule has 3 aromatic rings. The fourth-order valence-corrected chi connectivity index (χ4v) is 4.17. The van der Waals surface area contributed by atoms with Gasteiger partial charge in [-0.15, -0.1) is 0 Å². The second-order valence-corrected chi connectivity index (χ2v) is 8.13. The average molecular weight is 452 g/mol. The highest BCUT2D eigenvalue weighted by Gasteiger charge is 2.29. The maximum absolute atomic E-state index is 12.9. The third-order valence-corrected chi connectivity index (χ3v) is 5.87. The number of carbonyl (C=O) groups is 2. The van der Waals surface area contributed by atoms with Crippen molar-refractivity contribution in [1.82, 2.24) is 19.8 Å². The number of likely N-dealkylation sites (tertiary alicyclic amines) is 1. The zero-order valence-electron chi connectivity index (χ0n) is 18.9. The van der Waals surface area contributed by atoms with Crippen LogP contribution in [0.25, 0.3) is 0 Å². The van der Waals surface area contributed by atoms with Gasteiger partial charge in [0.05, 0.1) is 12.2 Å². The van der Waals surface area contributed by atoms with Crippen LogP contribution in [-0.2, 0) is 16.0 Å². The first kappa shape index (κ1) is 22.7. The second-order valence-electron chi connectivity index (χ2n) is 8.13. The lowest BCUT2D eigenvalue weighted by Gasteiger charge is -2.32. The summed E-state index contributed by atoms with van der Waals surface area (Å²) in [5, 5.41) is 11.3. The molecule has 2 aromatic heterocycles. The fraction of sp³-hybridized carbons (Fsp3) is 0.417. The number of ether oxygens (including phenoxy) is 1. The number of aryl methyl sites for hydroxylation is 1. The van der Waals surface area contributed by atoms with Crippen molar-refractivity contribution < 1.29 is 18.8 Å². The van der Waals surface area contributed by atoms with Gasteiger partial charge < -0.3 is 19.5 Å². The predicted molar refractivity (Wildman–Crippen MR) is 122 cm³/mol. The smallest absolute Gasteiger partial charge is 0.276 e. The molecule has 9 nitrogen and oxygen atoms in total. The number of nitrogens with zero attached hydrogens (tertiary/aromatic N) is 4. The molecule has 0 spiro atoms. The van der Waals surface area contributed by atoms with Gasteiger partial charge in [0.15, 0.2) is 11.8 Å². The van der Waals surface area contributed by atoms with Crippen LogP contribution >= 0.6 is 0 Å². The van der Waals surface area contributed by atoms with Crippen LogP contribution in [0.15, 0.2) is 53.2 Å². The lowest BCUT2D eigenvalue weighted by molar-refractivity contribution is -0.126. The van der Waals surface area contributed by atoms with E-state index in [1.165, 1.54) is 7.11 Å². The molecular formula is C24H29N5O4. The van der Waals surface area contributed by atoms with Gasteiger partial charge in [-0.2, -0.15) is 5.10 Å². The monoisotopic (exact) mass is 451 g/mol. The number of anilines is 1.